The van der Waals surface area contributed by atoms with Gasteiger partial charge in [0.15, 0.2) is 0 Å². The van der Waals surface area contributed by atoms with Gasteiger partial charge < -0.3 is 4.43 Å². The van der Waals surface area contributed by atoms with Crippen molar-refractivity contribution in [2.24, 2.45) is 0 Å². The molecule has 0 atom stereocenters. The van der Waals surface area contributed by atoms with Crippen molar-refractivity contribution in [2.45, 2.75) is 6.42 Å². The lowest BCUT2D eigenvalue weighted by atomic mass is 10.0. The summed E-state index contributed by atoms with van der Waals surface area (Å²) in [5.74, 6) is 0. The minimum Gasteiger partial charge on any atom is -0.428 e. The summed E-state index contributed by atoms with van der Waals surface area (Å²) in [6.07, 6.45) is 3.21. The van der Waals surface area contributed by atoms with E-state index in [9.17, 15) is 0 Å². The molecule has 0 fully saturated rings. The van der Waals surface area contributed by atoms with Crippen LogP contribution in [0.4, 0.5) is 0 Å². The van der Waals surface area contributed by atoms with E-state index >= 15 is 0 Å². The van der Waals surface area contributed by atoms with Gasteiger partial charge in [-0.05, 0) is 23.1 Å². The monoisotopic (exact) mass is 254 g/mol. The third-order valence-corrected chi connectivity index (χ3v) is 3.27. The molecule has 0 radical (unpaired) electrons. The topological polar surface area (TPSA) is 9.23 Å². The molecule has 18 heavy (non-hydrogen) atoms. The van der Waals surface area contributed by atoms with E-state index in [4.69, 9.17) is 4.43 Å². The quantitative estimate of drug-likeness (QED) is 0.589. The standard InChI is InChI=1S/C16H18OSi/c18-17-12-11-16(15-9-5-2-6-10-15)13-14-7-3-1-4-8-14/h1-10,13H,11-12H2,18H3. The first-order valence-corrected chi connectivity index (χ1v) is 7.02. The molecule has 2 aromatic rings. The zero-order valence-corrected chi connectivity index (χ0v) is 12.7. The molecule has 0 N–H and O–H groups in total. The molecule has 0 saturated carbocycles. The molecule has 0 heterocycles. The second-order valence-corrected chi connectivity index (χ2v) is 4.77. The Morgan fingerprint density at radius 2 is 1.56 bits per heavy atom. The molecule has 92 valence electrons. The van der Waals surface area contributed by atoms with Crippen molar-refractivity contribution >= 4 is 22.1 Å². The Bertz CT molecular complexity index is 491. The van der Waals surface area contributed by atoms with Gasteiger partial charge in [-0.3, -0.25) is 0 Å². The van der Waals surface area contributed by atoms with Gasteiger partial charge in [0.2, 0.25) is 0 Å². The highest BCUT2D eigenvalue weighted by Gasteiger charge is 2.01. The lowest BCUT2D eigenvalue weighted by Crippen LogP contribution is -1.93. The fourth-order valence-corrected chi connectivity index (χ4v) is 2.12. The summed E-state index contributed by atoms with van der Waals surface area (Å²) < 4.78 is 5.33. The third kappa shape index (κ3) is 3.69. The second-order valence-electron chi connectivity index (χ2n) is 4.19. The molecular formula is C16H18OSi. The van der Waals surface area contributed by atoms with Gasteiger partial charge in [0, 0.05) is 6.61 Å². The van der Waals surface area contributed by atoms with Crippen molar-refractivity contribution in [1.82, 2.24) is 0 Å². The van der Waals surface area contributed by atoms with Crippen LogP contribution in [-0.4, -0.2) is 17.1 Å². The molecule has 0 saturated heterocycles. The summed E-state index contributed by atoms with van der Waals surface area (Å²) >= 11 is 0. The largest absolute Gasteiger partial charge is 0.428 e. The normalized spacial score (nSPS) is 11.7. The maximum absolute atomic E-state index is 5.33. The van der Waals surface area contributed by atoms with Gasteiger partial charge in [0.25, 0.3) is 0 Å². The predicted molar refractivity (Wildman–Crippen MR) is 81.3 cm³/mol. The first-order valence-electron chi connectivity index (χ1n) is 6.20. The lowest BCUT2D eigenvalue weighted by molar-refractivity contribution is 0.360. The zero-order valence-electron chi connectivity index (χ0n) is 10.7. The van der Waals surface area contributed by atoms with Crippen LogP contribution in [0.2, 0.25) is 0 Å². The Hall–Kier alpha value is -1.64. The first-order chi connectivity index (χ1) is 8.90. The van der Waals surface area contributed by atoms with Crippen LogP contribution in [0.5, 0.6) is 0 Å². The van der Waals surface area contributed by atoms with Crippen LogP contribution in [0.1, 0.15) is 17.5 Å². The van der Waals surface area contributed by atoms with Gasteiger partial charge in [-0.1, -0.05) is 66.7 Å². The molecule has 0 aromatic heterocycles. The van der Waals surface area contributed by atoms with Crippen molar-refractivity contribution in [3.63, 3.8) is 0 Å². The second kappa shape index (κ2) is 6.94. The molecule has 2 aromatic carbocycles. The van der Waals surface area contributed by atoms with E-state index in [1.165, 1.54) is 16.7 Å². The average molecular weight is 254 g/mol. The summed E-state index contributed by atoms with van der Waals surface area (Å²) in [7, 11) is 0.802. The molecule has 1 nitrogen and oxygen atoms in total. The Labute approximate surface area is 112 Å². The molecule has 0 aliphatic heterocycles. The third-order valence-electron chi connectivity index (χ3n) is 2.86. The smallest absolute Gasteiger partial charge is 0.145 e. The van der Waals surface area contributed by atoms with Crippen LogP contribution in [-0.2, 0) is 4.43 Å². The van der Waals surface area contributed by atoms with Gasteiger partial charge in [-0.15, -0.1) is 0 Å². The van der Waals surface area contributed by atoms with Crippen molar-refractivity contribution in [1.29, 1.82) is 0 Å². The number of hydrogen-bond acceptors (Lipinski definition) is 1. The van der Waals surface area contributed by atoms with Gasteiger partial charge in [-0.2, -0.15) is 0 Å². The van der Waals surface area contributed by atoms with Crippen molar-refractivity contribution < 1.29 is 4.43 Å². The highest BCUT2D eigenvalue weighted by atomic mass is 28.2. The molecule has 0 aliphatic rings. The summed E-state index contributed by atoms with van der Waals surface area (Å²) in [6.45, 7) is 0.805. The maximum Gasteiger partial charge on any atom is 0.145 e. The van der Waals surface area contributed by atoms with Gasteiger partial charge in [0.05, 0.1) is 0 Å². The zero-order chi connectivity index (χ0) is 12.6. The Balaban J connectivity index is 2.28. The minimum absolute atomic E-state index is 0.802. The Kier molecular flexibility index (Phi) is 4.94. The van der Waals surface area contributed by atoms with Crippen molar-refractivity contribution in [3.8, 4) is 0 Å². The van der Waals surface area contributed by atoms with Crippen LogP contribution in [0.15, 0.2) is 60.7 Å². The minimum atomic E-state index is 0.802. The summed E-state index contributed by atoms with van der Waals surface area (Å²) in [6, 6.07) is 21.0. The number of rotatable bonds is 5. The molecule has 0 bridgehead atoms. The van der Waals surface area contributed by atoms with E-state index < -0.39 is 0 Å². The first kappa shape index (κ1) is 12.8. The van der Waals surface area contributed by atoms with Crippen LogP contribution in [0, 0.1) is 0 Å². The van der Waals surface area contributed by atoms with E-state index in [-0.39, 0.29) is 0 Å². The molecule has 2 rings (SSSR count). The van der Waals surface area contributed by atoms with Gasteiger partial charge in [0.1, 0.15) is 10.5 Å². The average Bonchev–Trinajstić information content (AvgIpc) is 2.45. The maximum atomic E-state index is 5.33. The molecule has 0 amide bonds. The Morgan fingerprint density at radius 1 is 0.944 bits per heavy atom. The van der Waals surface area contributed by atoms with Crippen LogP contribution in [0.3, 0.4) is 0 Å². The van der Waals surface area contributed by atoms with Crippen LogP contribution in [0.25, 0.3) is 11.6 Å². The van der Waals surface area contributed by atoms with Crippen LogP contribution >= 0.6 is 0 Å². The summed E-state index contributed by atoms with van der Waals surface area (Å²) in [4.78, 5) is 0. The van der Waals surface area contributed by atoms with Crippen molar-refractivity contribution in [2.75, 3.05) is 6.61 Å². The molecule has 2 heteroatoms. The van der Waals surface area contributed by atoms with E-state index in [1.807, 2.05) is 12.1 Å². The predicted octanol–water partition coefficient (Wildman–Crippen LogP) is 2.91. The molecule has 0 aliphatic carbocycles. The van der Waals surface area contributed by atoms with E-state index in [0.717, 1.165) is 23.5 Å². The SMILES string of the molecule is [SiH3]OCCC(=Cc1ccccc1)c1ccccc1. The molecule has 0 unspecified atom stereocenters. The van der Waals surface area contributed by atoms with Crippen molar-refractivity contribution in [3.05, 3.63) is 71.8 Å². The number of benzene rings is 2. The summed E-state index contributed by atoms with van der Waals surface area (Å²) in [5, 5.41) is 0. The Morgan fingerprint density at radius 3 is 2.17 bits per heavy atom. The van der Waals surface area contributed by atoms with Crippen LogP contribution < -0.4 is 0 Å². The van der Waals surface area contributed by atoms with Gasteiger partial charge in [-0.25, -0.2) is 0 Å². The lowest BCUT2D eigenvalue weighted by Gasteiger charge is -2.08. The number of hydrogen-bond donors (Lipinski definition) is 0. The molecule has 0 spiro atoms. The van der Waals surface area contributed by atoms with Gasteiger partial charge >= 0.3 is 0 Å². The highest BCUT2D eigenvalue weighted by Crippen LogP contribution is 2.21. The highest BCUT2D eigenvalue weighted by molar-refractivity contribution is 5.98. The van der Waals surface area contributed by atoms with E-state index in [2.05, 4.69) is 54.6 Å². The fraction of sp³-hybridized carbons (Fsp3) is 0.125. The molecular weight excluding hydrogens is 236 g/mol. The van der Waals surface area contributed by atoms with E-state index in [0.29, 0.717) is 0 Å². The fourth-order valence-electron chi connectivity index (χ4n) is 1.91. The van der Waals surface area contributed by atoms with E-state index in [1.54, 1.807) is 0 Å². The summed E-state index contributed by atoms with van der Waals surface area (Å²) in [5.41, 5.74) is 3.85.